The molecule has 2 saturated heterocycles. The molecular weight excluding hydrogens is 338 g/mol. The van der Waals surface area contributed by atoms with Crippen molar-refractivity contribution in [2.75, 3.05) is 26.2 Å². The van der Waals surface area contributed by atoms with Crippen LogP contribution >= 0.6 is 0 Å². The first-order chi connectivity index (χ1) is 13.0. The molecule has 0 aliphatic carbocycles. The van der Waals surface area contributed by atoms with Gasteiger partial charge < -0.3 is 10.2 Å². The number of hydrogen-bond donors (Lipinski definition) is 1. The van der Waals surface area contributed by atoms with Gasteiger partial charge in [0.25, 0.3) is 5.91 Å². The smallest absolute Gasteiger partial charge is 0.254 e. The van der Waals surface area contributed by atoms with Crippen molar-refractivity contribution in [1.29, 1.82) is 0 Å². The zero-order valence-corrected chi connectivity index (χ0v) is 16.9. The van der Waals surface area contributed by atoms with Crippen molar-refractivity contribution >= 4 is 16.9 Å². The lowest BCUT2D eigenvalue weighted by Crippen LogP contribution is -2.33. The molecule has 2 aromatic heterocycles. The van der Waals surface area contributed by atoms with Gasteiger partial charge in [0, 0.05) is 24.8 Å². The second kappa shape index (κ2) is 7.23. The van der Waals surface area contributed by atoms with Crippen LogP contribution in [0.3, 0.4) is 0 Å². The highest BCUT2D eigenvalue weighted by Crippen LogP contribution is 2.30. The minimum absolute atomic E-state index is 0.139. The monoisotopic (exact) mass is 369 g/mol. The number of fused-ring (bicyclic) bond motifs is 2. The van der Waals surface area contributed by atoms with E-state index < -0.39 is 0 Å². The Balaban J connectivity index is 1.70. The van der Waals surface area contributed by atoms with E-state index in [2.05, 4.69) is 43.0 Å². The Morgan fingerprint density at radius 2 is 1.81 bits per heavy atom. The van der Waals surface area contributed by atoms with Crippen molar-refractivity contribution in [3.8, 4) is 0 Å². The quantitative estimate of drug-likeness (QED) is 0.902. The van der Waals surface area contributed by atoms with Crippen LogP contribution in [0.4, 0.5) is 0 Å². The predicted molar refractivity (Wildman–Crippen MR) is 107 cm³/mol. The molecule has 2 aromatic rings. The number of carbonyl (C=O) groups excluding carboxylic acids is 1. The Morgan fingerprint density at radius 1 is 1.15 bits per heavy atom. The molecular formula is C21H31N5O. The highest BCUT2D eigenvalue weighted by Gasteiger charge is 2.32. The van der Waals surface area contributed by atoms with Crippen LogP contribution in [-0.4, -0.2) is 51.8 Å². The van der Waals surface area contributed by atoms with Crippen molar-refractivity contribution in [2.45, 2.75) is 52.5 Å². The van der Waals surface area contributed by atoms with Crippen molar-refractivity contribution in [1.82, 2.24) is 25.0 Å². The van der Waals surface area contributed by atoms with Gasteiger partial charge in [-0.05, 0) is 63.6 Å². The SMILES string of the molecule is CC(C)c1cc(C(=O)N2CC[C@@H]3CNC[C@@H]3CC2)c2cnn(C(C)C)c2n1. The molecule has 2 aliphatic heterocycles. The fraction of sp³-hybridized carbons (Fsp3) is 0.667. The van der Waals surface area contributed by atoms with Crippen LogP contribution in [0.15, 0.2) is 12.3 Å². The first kappa shape index (κ1) is 18.4. The number of pyridine rings is 1. The average Bonchev–Trinajstić information content (AvgIpc) is 3.22. The first-order valence-electron chi connectivity index (χ1n) is 10.3. The number of rotatable bonds is 3. The number of nitrogens with one attached hydrogen (secondary N) is 1. The summed E-state index contributed by atoms with van der Waals surface area (Å²) in [6, 6.07) is 2.21. The van der Waals surface area contributed by atoms with Crippen LogP contribution in [0.5, 0.6) is 0 Å². The van der Waals surface area contributed by atoms with E-state index >= 15 is 0 Å². The summed E-state index contributed by atoms with van der Waals surface area (Å²) < 4.78 is 1.93. The van der Waals surface area contributed by atoms with E-state index in [-0.39, 0.29) is 17.9 Å². The van der Waals surface area contributed by atoms with Gasteiger partial charge in [-0.3, -0.25) is 4.79 Å². The maximum atomic E-state index is 13.5. The van der Waals surface area contributed by atoms with E-state index in [1.165, 1.54) is 0 Å². The summed E-state index contributed by atoms with van der Waals surface area (Å²) in [5, 5.41) is 8.91. The van der Waals surface area contributed by atoms with Gasteiger partial charge in [0.15, 0.2) is 5.65 Å². The summed E-state index contributed by atoms with van der Waals surface area (Å²) in [5.41, 5.74) is 2.56. The maximum Gasteiger partial charge on any atom is 0.254 e. The van der Waals surface area contributed by atoms with Gasteiger partial charge in [-0.1, -0.05) is 13.8 Å². The maximum absolute atomic E-state index is 13.5. The molecule has 0 unspecified atom stereocenters. The van der Waals surface area contributed by atoms with Gasteiger partial charge in [-0.2, -0.15) is 5.10 Å². The van der Waals surface area contributed by atoms with Crippen molar-refractivity contribution in [3.05, 3.63) is 23.5 Å². The highest BCUT2D eigenvalue weighted by molar-refractivity contribution is 6.05. The minimum atomic E-state index is 0.139. The summed E-state index contributed by atoms with van der Waals surface area (Å²) in [6.45, 7) is 12.3. The summed E-state index contributed by atoms with van der Waals surface area (Å²) in [5.74, 6) is 1.84. The number of nitrogens with zero attached hydrogens (tertiary/aromatic N) is 4. The lowest BCUT2D eigenvalue weighted by Gasteiger charge is -2.22. The largest absolute Gasteiger partial charge is 0.339 e. The standard InChI is InChI=1S/C21H31N5O/c1-13(2)19-9-17(18-12-23-26(14(3)4)20(18)24-19)21(27)25-7-5-15-10-22-11-16(15)6-8-25/h9,12-16,22H,5-8,10-11H2,1-4H3/t15-,16+. The number of carbonyl (C=O) groups is 1. The van der Waals surface area contributed by atoms with Gasteiger partial charge in [0.2, 0.25) is 0 Å². The Kier molecular flexibility index (Phi) is 4.93. The molecule has 4 rings (SSSR count). The van der Waals surface area contributed by atoms with E-state index in [0.717, 1.165) is 73.1 Å². The lowest BCUT2D eigenvalue weighted by molar-refractivity contribution is 0.0760. The van der Waals surface area contributed by atoms with Crippen LogP contribution in [0.1, 0.15) is 68.5 Å². The second-order valence-corrected chi connectivity index (χ2v) is 8.72. The van der Waals surface area contributed by atoms with Crippen LogP contribution in [0.2, 0.25) is 0 Å². The molecule has 1 amide bonds. The van der Waals surface area contributed by atoms with Gasteiger partial charge in [-0.25, -0.2) is 9.67 Å². The summed E-state index contributed by atoms with van der Waals surface area (Å²) in [4.78, 5) is 20.4. The predicted octanol–water partition coefficient (Wildman–Crippen LogP) is 3.21. The molecule has 27 heavy (non-hydrogen) atoms. The Bertz CT molecular complexity index is 826. The molecule has 0 spiro atoms. The number of amides is 1. The van der Waals surface area contributed by atoms with Crippen LogP contribution in [-0.2, 0) is 0 Å². The Hall–Kier alpha value is -1.95. The average molecular weight is 370 g/mol. The third-order valence-corrected chi connectivity index (χ3v) is 6.20. The normalized spacial score (nSPS) is 23.3. The van der Waals surface area contributed by atoms with Crippen molar-refractivity contribution in [2.24, 2.45) is 11.8 Å². The fourth-order valence-corrected chi connectivity index (χ4v) is 4.48. The zero-order chi connectivity index (χ0) is 19.1. The minimum Gasteiger partial charge on any atom is -0.339 e. The molecule has 0 aromatic carbocycles. The van der Waals surface area contributed by atoms with Gasteiger partial charge in [-0.15, -0.1) is 0 Å². The molecule has 4 heterocycles. The molecule has 0 bridgehead atoms. The molecule has 0 radical (unpaired) electrons. The Morgan fingerprint density at radius 3 is 2.41 bits per heavy atom. The summed E-state index contributed by atoms with van der Waals surface area (Å²) >= 11 is 0. The summed E-state index contributed by atoms with van der Waals surface area (Å²) in [6.07, 6.45) is 4.01. The zero-order valence-electron chi connectivity index (χ0n) is 16.9. The molecule has 146 valence electrons. The van der Waals surface area contributed by atoms with Crippen molar-refractivity contribution in [3.63, 3.8) is 0 Å². The molecule has 2 fully saturated rings. The first-order valence-corrected chi connectivity index (χ1v) is 10.3. The third kappa shape index (κ3) is 3.35. The van der Waals surface area contributed by atoms with Crippen LogP contribution in [0, 0.1) is 11.8 Å². The topological polar surface area (TPSA) is 63.1 Å². The van der Waals surface area contributed by atoms with Crippen LogP contribution < -0.4 is 5.32 Å². The van der Waals surface area contributed by atoms with Crippen molar-refractivity contribution < 1.29 is 4.79 Å². The molecule has 2 atom stereocenters. The number of likely N-dealkylation sites (tertiary alicyclic amines) is 1. The summed E-state index contributed by atoms with van der Waals surface area (Å²) in [7, 11) is 0. The molecule has 6 nitrogen and oxygen atoms in total. The van der Waals surface area contributed by atoms with E-state index in [9.17, 15) is 4.79 Å². The molecule has 6 heteroatoms. The van der Waals surface area contributed by atoms with E-state index in [1.807, 2.05) is 16.9 Å². The van der Waals surface area contributed by atoms with Gasteiger partial charge in [0.05, 0.1) is 17.1 Å². The fourth-order valence-electron chi connectivity index (χ4n) is 4.48. The highest BCUT2D eigenvalue weighted by atomic mass is 16.2. The van der Waals surface area contributed by atoms with Crippen LogP contribution in [0.25, 0.3) is 11.0 Å². The molecule has 1 N–H and O–H groups in total. The van der Waals surface area contributed by atoms with Gasteiger partial charge >= 0.3 is 0 Å². The number of hydrogen-bond acceptors (Lipinski definition) is 4. The second-order valence-electron chi connectivity index (χ2n) is 8.72. The van der Waals surface area contributed by atoms with Gasteiger partial charge in [0.1, 0.15) is 0 Å². The Labute approximate surface area is 161 Å². The van der Waals surface area contributed by atoms with E-state index in [0.29, 0.717) is 0 Å². The molecule has 2 aliphatic rings. The third-order valence-electron chi connectivity index (χ3n) is 6.20. The van der Waals surface area contributed by atoms with E-state index in [1.54, 1.807) is 0 Å². The lowest BCUT2D eigenvalue weighted by atomic mass is 9.92. The number of aromatic nitrogens is 3. The molecule has 0 saturated carbocycles. The van der Waals surface area contributed by atoms with E-state index in [4.69, 9.17) is 4.98 Å².